The van der Waals surface area contributed by atoms with Crippen LogP contribution in [0.5, 0.6) is 0 Å². The van der Waals surface area contributed by atoms with Gasteiger partial charge in [-0.1, -0.05) is 6.07 Å². The Morgan fingerprint density at radius 2 is 1.81 bits per heavy atom. The van der Waals surface area contributed by atoms with Gasteiger partial charge in [0.25, 0.3) is 5.91 Å². The molecule has 1 unspecified atom stereocenters. The van der Waals surface area contributed by atoms with Gasteiger partial charge in [0.05, 0.1) is 6.04 Å². The van der Waals surface area contributed by atoms with Crippen molar-refractivity contribution >= 4 is 11.6 Å². The topological polar surface area (TPSA) is 68.3 Å². The zero-order chi connectivity index (χ0) is 15.7. The Hall–Kier alpha value is -2.23. The van der Waals surface area contributed by atoms with Crippen LogP contribution in [0, 0.1) is 27.7 Å². The molecule has 1 aromatic heterocycles. The van der Waals surface area contributed by atoms with Gasteiger partial charge in [-0.2, -0.15) is 0 Å². The first-order valence-electron chi connectivity index (χ1n) is 7.04. The summed E-state index contributed by atoms with van der Waals surface area (Å²) in [5, 5.41) is 3.00. The molecular weight excluding hydrogens is 264 g/mol. The lowest BCUT2D eigenvalue weighted by molar-refractivity contribution is 0.0939. The summed E-state index contributed by atoms with van der Waals surface area (Å²) in [7, 11) is 0. The van der Waals surface area contributed by atoms with E-state index in [9.17, 15) is 4.79 Å². The molecule has 21 heavy (non-hydrogen) atoms. The Kier molecular flexibility index (Phi) is 4.07. The van der Waals surface area contributed by atoms with Crippen LogP contribution in [0.3, 0.4) is 0 Å². The van der Waals surface area contributed by atoms with Crippen LogP contribution in [0.1, 0.15) is 51.5 Å². The molecule has 0 fully saturated rings. The van der Waals surface area contributed by atoms with Crippen molar-refractivity contribution in [2.24, 2.45) is 0 Å². The molecule has 0 saturated heterocycles. The van der Waals surface area contributed by atoms with Crippen LogP contribution >= 0.6 is 0 Å². The predicted octanol–water partition coefficient (Wildman–Crippen LogP) is 3.59. The van der Waals surface area contributed by atoms with Gasteiger partial charge in [0.15, 0.2) is 0 Å². The lowest BCUT2D eigenvalue weighted by Gasteiger charge is -2.15. The van der Waals surface area contributed by atoms with E-state index >= 15 is 0 Å². The maximum Gasteiger partial charge on any atom is 0.252 e. The van der Waals surface area contributed by atoms with Crippen LogP contribution < -0.4 is 11.1 Å². The van der Waals surface area contributed by atoms with Gasteiger partial charge in [-0.3, -0.25) is 4.79 Å². The highest BCUT2D eigenvalue weighted by molar-refractivity contribution is 5.97. The fraction of sp³-hybridized carbons (Fsp3) is 0.353. The molecule has 1 aromatic carbocycles. The van der Waals surface area contributed by atoms with E-state index in [1.165, 1.54) is 0 Å². The number of hydrogen-bond donors (Lipinski definition) is 2. The Balaban J connectivity index is 2.22. The Morgan fingerprint density at radius 1 is 1.14 bits per heavy atom. The third-order valence-electron chi connectivity index (χ3n) is 3.75. The van der Waals surface area contributed by atoms with E-state index in [4.69, 9.17) is 10.2 Å². The Morgan fingerprint density at radius 3 is 2.38 bits per heavy atom. The number of carbonyl (C=O) groups excluding carboxylic acids is 1. The summed E-state index contributed by atoms with van der Waals surface area (Å²) in [5.74, 6) is 1.56. The van der Waals surface area contributed by atoms with Crippen molar-refractivity contribution in [3.63, 3.8) is 0 Å². The number of benzene rings is 1. The molecule has 1 amide bonds. The van der Waals surface area contributed by atoms with Gasteiger partial charge in [-0.05, 0) is 57.9 Å². The first-order valence-corrected chi connectivity index (χ1v) is 7.04. The molecule has 0 aliphatic heterocycles. The minimum Gasteiger partial charge on any atom is -0.466 e. The number of nitrogens with one attached hydrogen (secondary N) is 1. The zero-order valence-corrected chi connectivity index (χ0v) is 13.2. The standard InChI is InChI=1S/C17H22N2O2/c1-9-6-10(2)16(18)8-14(9)17(20)19-12(4)15-7-11(3)21-13(15)5/h6-8,12H,18H2,1-5H3,(H,19,20). The van der Waals surface area contributed by atoms with Crippen molar-refractivity contribution in [2.75, 3.05) is 5.73 Å². The number of nitrogens with two attached hydrogens (primary N) is 1. The molecule has 2 aromatic rings. The summed E-state index contributed by atoms with van der Waals surface area (Å²) in [4.78, 5) is 12.4. The molecule has 0 bridgehead atoms. The van der Waals surface area contributed by atoms with Crippen molar-refractivity contribution < 1.29 is 9.21 Å². The highest BCUT2D eigenvalue weighted by atomic mass is 16.3. The molecule has 4 heteroatoms. The third-order valence-corrected chi connectivity index (χ3v) is 3.75. The van der Waals surface area contributed by atoms with Gasteiger partial charge in [0.2, 0.25) is 0 Å². The molecule has 0 radical (unpaired) electrons. The summed E-state index contributed by atoms with van der Waals surface area (Å²) >= 11 is 0. The van der Waals surface area contributed by atoms with E-state index in [2.05, 4.69) is 5.32 Å². The largest absolute Gasteiger partial charge is 0.466 e. The molecular formula is C17H22N2O2. The molecule has 3 N–H and O–H groups in total. The predicted molar refractivity (Wildman–Crippen MR) is 84.4 cm³/mol. The number of amides is 1. The van der Waals surface area contributed by atoms with Crippen molar-refractivity contribution in [2.45, 2.75) is 40.7 Å². The minimum atomic E-state index is -0.120. The molecule has 4 nitrogen and oxygen atoms in total. The van der Waals surface area contributed by atoms with Crippen LogP contribution in [0.2, 0.25) is 0 Å². The monoisotopic (exact) mass is 286 g/mol. The van der Waals surface area contributed by atoms with Crippen LogP contribution in [-0.2, 0) is 0 Å². The molecule has 0 spiro atoms. The molecule has 0 aliphatic carbocycles. The van der Waals surface area contributed by atoms with Gasteiger partial charge < -0.3 is 15.5 Å². The second-order valence-electron chi connectivity index (χ2n) is 5.59. The number of anilines is 1. The zero-order valence-electron chi connectivity index (χ0n) is 13.2. The van der Waals surface area contributed by atoms with Gasteiger partial charge in [-0.15, -0.1) is 0 Å². The van der Waals surface area contributed by atoms with Crippen LogP contribution in [-0.4, -0.2) is 5.91 Å². The summed E-state index contributed by atoms with van der Waals surface area (Å²) in [6.45, 7) is 9.60. The second-order valence-corrected chi connectivity index (χ2v) is 5.59. The van der Waals surface area contributed by atoms with Crippen molar-refractivity contribution in [1.82, 2.24) is 5.32 Å². The lowest BCUT2D eigenvalue weighted by atomic mass is 10.0. The average Bonchev–Trinajstić information content (AvgIpc) is 2.72. The molecule has 112 valence electrons. The summed E-state index contributed by atoms with van der Waals surface area (Å²) in [6.07, 6.45) is 0. The van der Waals surface area contributed by atoms with Crippen molar-refractivity contribution in [3.8, 4) is 0 Å². The van der Waals surface area contributed by atoms with Gasteiger partial charge >= 0.3 is 0 Å². The lowest BCUT2D eigenvalue weighted by Crippen LogP contribution is -2.27. The SMILES string of the molecule is Cc1cc(C(C)NC(=O)c2cc(N)c(C)cc2C)c(C)o1. The molecule has 0 aliphatic rings. The smallest absolute Gasteiger partial charge is 0.252 e. The summed E-state index contributed by atoms with van der Waals surface area (Å²) in [6, 6.07) is 5.51. The number of furan rings is 1. The molecule has 1 heterocycles. The minimum absolute atomic E-state index is 0.114. The fourth-order valence-corrected chi connectivity index (χ4v) is 2.55. The van der Waals surface area contributed by atoms with Crippen LogP contribution in [0.25, 0.3) is 0 Å². The van der Waals surface area contributed by atoms with E-state index < -0.39 is 0 Å². The highest BCUT2D eigenvalue weighted by Gasteiger charge is 2.17. The molecule has 0 saturated carbocycles. The van der Waals surface area contributed by atoms with E-state index in [1.54, 1.807) is 6.07 Å². The van der Waals surface area contributed by atoms with Gasteiger partial charge in [0.1, 0.15) is 11.5 Å². The van der Waals surface area contributed by atoms with Crippen LogP contribution in [0.15, 0.2) is 22.6 Å². The highest BCUT2D eigenvalue weighted by Crippen LogP contribution is 2.23. The average molecular weight is 286 g/mol. The Labute approximate surface area is 125 Å². The number of carbonyl (C=O) groups is 1. The number of rotatable bonds is 3. The first kappa shape index (κ1) is 15.2. The maximum absolute atomic E-state index is 12.4. The number of nitrogen functional groups attached to an aromatic ring is 1. The third kappa shape index (κ3) is 3.10. The van der Waals surface area contributed by atoms with Crippen LogP contribution in [0.4, 0.5) is 5.69 Å². The van der Waals surface area contributed by atoms with E-state index in [0.29, 0.717) is 11.3 Å². The number of aryl methyl sites for hydroxylation is 4. The van der Waals surface area contributed by atoms with E-state index in [0.717, 1.165) is 28.2 Å². The van der Waals surface area contributed by atoms with Crippen molar-refractivity contribution in [1.29, 1.82) is 0 Å². The summed E-state index contributed by atoms with van der Waals surface area (Å²) < 4.78 is 5.51. The van der Waals surface area contributed by atoms with E-state index in [1.807, 2.05) is 46.8 Å². The van der Waals surface area contributed by atoms with Gasteiger partial charge in [0, 0.05) is 16.8 Å². The quantitative estimate of drug-likeness (QED) is 0.847. The molecule has 1 atom stereocenters. The second kappa shape index (κ2) is 5.64. The Bertz CT molecular complexity index is 686. The fourth-order valence-electron chi connectivity index (χ4n) is 2.55. The van der Waals surface area contributed by atoms with Crippen molar-refractivity contribution in [3.05, 3.63) is 52.0 Å². The summed E-state index contributed by atoms with van der Waals surface area (Å²) in [5.41, 5.74) is 10.1. The maximum atomic E-state index is 12.4. The van der Waals surface area contributed by atoms with Gasteiger partial charge in [-0.25, -0.2) is 0 Å². The van der Waals surface area contributed by atoms with E-state index in [-0.39, 0.29) is 11.9 Å². The number of hydrogen-bond acceptors (Lipinski definition) is 3. The first-order chi connectivity index (χ1) is 9.79. The molecule has 2 rings (SSSR count). The normalized spacial score (nSPS) is 12.2.